The van der Waals surface area contributed by atoms with Gasteiger partial charge in [-0.2, -0.15) is 8.78 Å². The maximum atomic E-state index is 12.3. The van der Waals surface area contributed by atoms with Crippen LogP contribution in [0.25, 0.3) is 0 Å². The molecule has 2 aromatic rings. The van der Waals surface area contributed by atoms with Gasteiger partial charge in [0.2, 0.25) is 5.91 Å². The molecule has 2 N–H and O–H groups in total. The van der Waals surface area contributed by atoms with E-state index in [0.717, 1.165) is 25.9 Å². The quantitative estimate of drug-likeness (QED) is 0.661. The lowest BCUT2D eigenvalue weighted by Crippen LogP contribution is -2.46. The standard InChI is InChI=1S/C19H21F2N3O2S2/c20-19(21)28-15-5-3-13(4-6-15)22-17(25)12-24-9-7-14(8-10-24)23-18(26)16-2-1-11-27-16/h1-6,11,14,19H,7-10,12H2,(H,22,25)(H,23,26). The Hall–Kier alpha value is -1.97. The van der Waals surface area contributed by atoms with E-state index in [1.165, 1.54) is 11.3 Å². The van der Waals surface area contributed by atoms with E-state index in [9.17, 15) is 18.4 Å². The molecule has 0 aliphatic carbocycles. The summed E-state index contributed by atoms with van der Waals surface area (Å²) in [4.78, 5) is 27.5. The highest BCUT2D eigenvalue weighted by Crippen LogP contribution is 2.26. The topological polar surface area (TPSA) is 61.4 Å². The second-order valence-electron chi connectivity index (χ2n) is 6.45. The van der Waals surface area contributed by atoms with Gasteiger partial charge in [0.05, 0.1) is 11.4 Å². The van der Waals surface area contributed by atoms with Crippen LogP contribution in [0.15, 0.2) is 46.7 Å². The molecule has 0 bridgehead atoms. The summed E-state index contributed by atoms with van der Waals surface area (Å²) < 4.78 is 24.7. The van der Waals surface area contributed by atoms with Crippen LogP contribution in [0, 0.1) is 0 Å². The molecule has 1 aromatic heterocycles. The summed E-state index contributed by atoms with van der Waals surface area (Å²) in [7, 11) is 0. The maximum Gasteiger partial charge on any atom is 0.288 e. The van der Waals surface area contributed by atoms with E-state index < -0.39 is 5.76 Å². The van der Waals surface area contributed by atoms with Crippen LogP contribution in [0.1, 0.15) is 22.5 Å². The van der Waals surface area contributed by atoms with E-state index in [-0.39, 0.29) is 24.4 Å². The van der Waals surface area contributed by atoms with E-state index >= 15 is 0 Å². The zero-order chi connectivity index (χ0) is 19.9. The smallest absolute Gasteiger partial charge is 0.288 e. The number of thioether (sulfide) groups is 1. The van der Waals surface area contributed by atoms with Gasteiger partial charge < -0.3 is 10.6 Å². The minimum atomic E-state index is -2.46. The van der Waals surface area contributed by atoms with Gasteiger partial charge in [0.1, 0.15) is 0 Å². The average molecular weight is 426 g/mol. The number of likely N-dealkylation sites (tertiary alicyclic amines) is 1. The molecule has 2 heterocycles. The second kappa shape index (κ2) is 9.99. The van der Waals surface area contributed by atoms with E-state index in [2.05, 4.69) is 10.6 Å². The third-order valence-corrected chi connectivity index (χ3v) is 5.99. The second-order valence-corrected chi connectivity index (χ2v) is 8.46. The molecule has 1 fully saturated rings. The number of nitrogens with zero attached hydrogens (tertiary/aromatic N) is 1. The molecule has 2 amide bonds. The fourth-order valence-corrected chi connectivity index (χ4v) is 4.15. The summed E-state index contributed by atoms with van der Waals surface area (Å²) in [5, 5.41) is 7.70. The molecule has 1 saturated heterocycles. The number of hydrogen-bond donors (Lipinski definition) is 2. The van der Waals surface area contributed by atoms with Crippen LogP contribution in [0.2, 0.25) is 0 Å². The number of alkyl halides is 2. The van der Waals surface area contributed by atoms with Crippen LogP contribution in [-0.4, -0.2) is 48.1 Å². The fraction of sp³-hybridized carbons (Fsp3) is 0.368. The molecule has 28 heavy (non-hydrogen) atoms. The van der Waals surface area contributed by atoms with Gasteiger partial charge in [-0.1, -0.05) is 17.8 Å². The summed E-state index contributed by atoms with van der Waals surface area (Å²) in [6.45, 7) is 1.72. The highest BCUT2D eigenvalue weighted by molar-refractivity contribution is 7.99. The number of anilines is 1. The van der Waals surface area contributed by atoms with E-state index in [1.807, 2.05) is 16.3 Å². The molecule has 9 heteroatoms. The van der Waals surface area contributed by atoms with E-state index in [4.69, 9.17) is 0 Å². The van der Waals surface area contributed by atoms with Crippen molar-refractivity contribution in [3.8, 4) is 0 Å². The average Bonchev–Trinajstić information content (AvgIpc) is 3.19. The Kier molecular flexibility index (Phi) is 7.41. The molecule has 150 valence electrons. The Morgan fingerprint density at radius 2 is 1.89 bits per heavy atom. The number of benzene rings is 1. The molecule has 0 spiro atoms. The minimum absolute atomic E-state index is 0.0420. The van der Waals surface area contributed by atoms with Crippen molar-refractivity contribution >= 4 is 40.6 Å². The number of halogens is 2. The third-order valence-electron chi connectivity index (χ3n) is 4.40. The molecular weight excluding hydrogens is 404 g/mol. The molecular formula is C19H21F2N3O2S2. The predicted octanol–water partition coefficient (Wildman–Crippen LogP) is 3.90. The number of rotatable bonds is 7. The van der Waals surface area contributed by atoms with Crippen LogP contribution in [0.4, 0.5) is 14.5 Å². The summed E-state index contributed by atoms with van der Waals surface area (Å²) in [6, 6.07) is 10.1. The zero-order valence-electron chi connectivity index (χ0n) is 15.1. The molecule has 3 rings (SSSR count). The molecule has 0 saturated carbocycles. The summed E-state index contributed by atoms with van der Waals surface area (Å²) >= 11 is 1.89. The van der Waals surface area contributed by atoms with Crippen molar-refractivity contribution in [1.29, 1.82) is 0 Å². The van der Waals surface area contributed by atoms with Gasteiger partial charge in [0, 0.05) is 29.7 Å². The van der Waals surface area contributed by atoms with E-state index in [1.54, 1.807) is 30.3 Å². The molecule has 1 aliphatic rings. The van der Waals surface area contributed by atoms with Crippen molar-refractivity contribution in [1.82, 2.24) is 10.2 Å². The van der Waals surface area contributed by atoms with Crippen LogP contribution >= 0.6 is 23.1 Å². The van der Waals surface area contributed by atoms with Crippen molar-refractivity contribution in [3.05, 3.63) is 46.7 Å². The van der Waals surface area contributed by atoms with Crippen molar-refractivity contribution in [2.45, 2.75) is 29.5 Å². The Labute approximate surface area is 170 Å². The first kappa shape index (κ1) is 20.8. The van der Waals surface area contributed by atoms with Crippen LogP contribution in [0.5, 0.6) is 0 Å². The zero-order valence-corrected chi connectivity index (χ0v) is 16.7. The summed E-state index contributed by atoms with van der Waals surface area (Å²) in [5.74, 6) is -2.64. The van der Waals surface area contributed by atoms with Crippen LogP contribution in [0.3, 0.4) is 0 Å². The number of amides is 2. The number of piperidine rings is 1. The first-order valence-electron chi connectivity index (χ1n) is 8.91. The van der Waals surface area contributed by atoms with Gasteiger partial charge in [-0.3, -0.25) is 14.5 Å². The van der Waals surface area contributed by atoms with Crippen molar-refractivity contribution < 1.29 is 18.4 Å². The molecule has 1 aromatic carbocycles. The summed E-state index contributed by atoms with van der Waals surface area (Å²) in [5.41, 5.74) is 0.585. The van der Waals surface area contributed by atoms with Crippen molar-refractivity contribution in [2.75, 3.05) is 25.0 Å². The molecule has 0 unspecified atom stereocenters. The van der Waals surface area contributed by atoms with Gasteiger partial charge in [-0.05, 0) is 48.6 Å². The first-order chi connectivity index (χ1) is 13.5. The first-order valence-corrected chi connectivity index (χ1v) is 10.7. The van der Waals surface area contributed by atoms with Gasteiger partial charge in [0.15, 0.2) is 0 Å². The van der Waals surface area contributed by atoms with Crippen molar-refractivity contribution in [3.63, 3.8) is 0 Å². The highest BCUT2D eigenvalue weighted by atomic mass is 32.2. The number of hydrogen-bond acceptors (Lipinski definition) is 5. The van der Waals surface area contributed by atoms with Gasteiger partial charge in [-0.15, -0.1) is 11.3 Å². The van der Waals surface area contributed by atoms with Crippen LogP contribution in [-0.2, 0) is 4.79 Å². The highest BCUT2D eigenvalue weighted by Gasteiger charge is 2.22. The Balaban J connectivity index is 1.39. The predicted molar refractivity (Wildman–Crippen MR) is 108 cm³/mol. The number of carbonyl (C=O) groups is 2. The SMILES string of the molecule is O=C(CN1CCC(NC(=O)c2cccs2)CC1)Nc1ccc(SC(F)F)cc1. The van der Waals surface area contributed by atoms with Gasteiger partial charge >= 0.3 is 0 Å². The number of nitrogens with one attached hydrogen (secondary N) is 2. The maximum absolute atomic E-state index is 12.3. The molecule has 5 nitrogen and oxygen atoms in total. The lowest BCUT2D eigenvalue weighted by Gasteiger charge is -2.31. The Morgan fingerprint density at radius 1 is 1.18 bits per heavy atom. The Morgan fingerprint density at radius 3 is 2.50 bits per heavy atom. The normalized spacial score (nSPS) is 15.5. The van der Waals surface area contributed by atoms with E-state index in [0.29, 0.717) is 27.2 Å². The lowest BCUT2D eigenvalue weighted by atomic mass is 10.0. The monoisotopic (exact) mass is 425 g/mol. The molecule has 1 aliphatic heterocycles. The lowest BCUT2D eigenvalue weighted by molar-refractivity contribution is -0.117. The van der Waals surface area contributed by atoms with Gasteiger partial charge in [-0.25, -0.2) is 0 Å². The minimum Gasteiger partial charge on any atom is -0.349 e. The van der Waals surface area contributed by atoms with Crippen molar-refractivity contribution in [2.24, 2.45) is 0 Å². The Bertz CT molecular complexity index is 777. The fourth-order valence-electron chi connectivity index (χ4n) is 3.02. The largest absolute Gasteiger partial charge is 0.349 e. The van der Waals surface area contributed by atoms with Crippen LogP contribution < -0.4 is 10.6 Å². The summed E-state index contributed by atoms with van der Waals surface area (Å²) in [6.07, 6.45) is 1.59. The number of carbonyl (C=O) groups excluding carboxylic acids is 2. The third kappa shape index (κ3) is 6.29. The number of thiophene rings is 1. The molecule has 0 radical (unpaired) electrons. The van der Waals surface area contributed by atoms with Gasteiger partial charge in [0.25, 0.3) is 11.7 Å². The molecule has 0 atom stereocenters.